The molecule has 0 saturated heterocycles. The maximum atomic E-state index is 12.0. The molecule has 0 unspecified atom stereocenters. The third-order valence-corrected chi connectivity index (χ3v) is 2.37. The number of aromatic nitrogens is 2. The minimum atomic E-state index is -0.0868. The van der Waals surface area contributed by atoms with Crippen molar-refractivity contribution in [3.63, 3.8) is 0 Å². The first-order chi connectivity index (χ1) is 7.20. The number of carbonyl (C=O) groups excluding carboxylic acids is 1. The number of carbonyl (C=O) groups is 1. The van der Waals surface area contributed by atoms with Crippen LogP contribution in [0.5, 0.6) is 0 Å². The van der Waals surface area contributed by atoms with Crippen molar-refractivity contribution in [2.75, 3.05) is 24.8 Å². The van der Waals surface area contributed by atoms with Gasteiger partial charge < -0.3 is 4.90 Å². The standard InChI is InChI=1S/C9H13Cl2N3O/c1-13-8(2-5-12-13)9(15)14(6-3-10)7-4-11/h2,5H,3-4,6-7H2,1H3. The predicted molar refractivity (Wildman–Crippen MR) is 60.6 cm³/mol. The summed E-state index contributed by atoms with van der Waals surface area (Å²) in [5.74, 6) is 0.720. The van der Waals surface area contributed by atoms with Gasteiger partial charge in [-0.3, -0.25) is 9.48 Å². The van der Waals surface area contributed by atoms with Gasteiger partial charge in [0.05, 0.1) is 0 Å². The zero-order valence-corrected chi connectivity index (χ0v) is 10.0. The van der Waals surface area contributed by atoms with Gasteiger partial charge in [-0.05, 0) is 6.07 Å². The van der Waals surface area contributed by atoms with Gasteiger partial charge in [0.1, 0.15) is 5.69 Å². The Morgan fingerprint density at radius 2 is 2.07 bits per heavy atom. The fourth-order valence-electron chi connectivity index (χ4n) is 1.26. The summed E-state index contributed by atoms with van der Waals surface area (Å²) in [5, 5.41) is 3.94. The lowest BCUT2D eigenvalue weighted by Gasteiger charge is -2.20. The molecule has 4 nitrogen and oxygen atoms in total. The van der Waals surface area contributed by atoms with Crippen LogP contribution >= 0.6 is 23.2 Å². The van der Waals surface area contributed by atoms with Crippen molar-refractivity contribution < 1.29 is 4.79 Å². The Morgan fingerprint density at radius 3 is 2.47 bits per heavy atom. The highest BCUT2D eigenvalue weighted by molar-refractivity contribution is 6.18. The number of amides is 1. The molecule has 6 heteroatoms. The Morgan fingerprint density at radius 1 is 1.47 bits per heavy atom. The third-order valence-electron chi connectivity index (χ3n) is 2.04. The van der Waals surface area contributed by atoms with Crippen LogP contribution in [0.25, 0.3) is 0 Å². The van der Waals surface area contributed by atoms with E-state index in [9.17, 15) is 4.79 Å². The quantitative estimate of drug-likeness (QED) is 0.739. The molecule has 84 valence electrons. The van der Waals surface area contributed by atoms with Gasteiger partial charge in [0, 0.05) is 38.1 Å². The van der Waals surface area contributed by atoms with Gasteiger partial charge in [-0.25, -0.2) is 0 Å². The highest BCUT2D eigenvalue weighted by Crippen LogP contribution is 2.04. The van der Waals surface area contributed by atoms with Gasteiger partial charge in [-0.15, -0.1) is 23.2 Å². The third kappa shape index (κ3) is 3.11. The normalized spacial score (nSPS) is 10.3. The van der Waals surface area contributed by atoms with Crippen molar-refractivity contribution >= 4 is 29.1 Å². The number of hydrogen-bond donors (Lipinski definition) is 0. The number of hydrogen-bond acceptors (Lipinski definition) is 2. The second kappa shape index (κ2) is 5.98. The highest BCUT2D eigenvalue weighted by atomic mass is 35.5. The van der Waals surface area contributed by atoms with Gasteiger partial charge in [0.15, 0.2) is 0 Å². The van der Waals surface area contributed by atoms with Gasteiger partial charge in [0.25, 0.3) is 5.91 Å². The minimum absolute atomic E-state index is 0.0868. The Kier molecular flexibility index (Phi) is 4.91. The first-order valence-corrected chi connectivity index (χ1v) is 5.66. The average molecular weight is 250 g/mol. The maximum absolute atomic E-state index is 12.0. The van der Waals surface area contributed by atoms with E-state index in [-0.39, 0.29) is 5.91 Å². The molecule has 0 aliphatic rings. The largest absolute Gasteiger partial charge is 0.335 e. The first kappa shape index (κ1) is 12.3. The van der Waals surface area contributed by atoms with Gasteiger partial charge >= 0.3 is 0 Å². The SMILES string of the molecule is Cn1nccc1C(=O)N(CCCl)CCCl. The van der Waals surface area contributed by atoms with Crippen molar-refractivity contribution in [3.05, 3.63) is 18.0 Å². The molecule has 15 heavy (non-hydrogen) atoms. The molecule has 0 bridgehead atoms. The van der Waals surface area contributed by atoms with Gasteiger partial charge in [-0.2, -0.15) is 5.10 Å². The van der Waals surface area contributed by atoms with Crippen LogP contribution in [0.4, 0.5) is 0 Å². The molecular formula is C9H13Cl2N3O. The lowest BCUT2D eigenvalue weighted by atomic mass is 10.3. The fraction of sp³-hybridized carbons (Fsp3) is 0.556. The van der Waals surface area contributed by atoms with Crippen LogP contribution in [0, 0.1) is 0 Å². The molecular weight excluding hydrogens is 237 g/mol. The lowest BCUT2D eigenvalue weighted by molar-refractivity contribution is 0.0764. The van der Waals surface area contributed by atoms with Crippen molar-refractivity contribution in [2.24, 2.45) is 7.05 Å². The lowest BCUT2D eigenvalue weighted by Crippen LogP contribution is -2.35. The molecule has 0 N–H and O–H groups in total. The van der Waals surface area contributed by atoms with E-state index >= 15 is 0 Å². The van der Waals surface area contributed by atoms with E-state index in [2.05, 4.69) is 5.10 Å². The maximum Gasteiger partial charge on any atom is 0.272 e. The molecule has 0 fully saturated rings. The highest BCUT2D eigenvalue weighted by Gasteiger charge is 2.17. The van der Waals surface area contributed by atoms with Gasteiger partial charge in [0.2, 0.25) is 0 Å². The summed E-state index contributed by atoms with van der Waals surface area (Å²) in [6.45, 7) is 0.997. The van der Waals surface area contributed by atoms with Crippen LogP contribution in [0.1, 0.15) is 10.5 Å². The van der Waals surface area contributed by atoms with E-state index in [1.54, 1.807) is 24.2 Å². The summed E-state index contributed by atoms with van der Waals surface area (Å²) in [6, 6.07) is 1.68. The molecule has 1 amide bonds. The van der Waals surface area contributed by atoms with E-state index < -0.39 is 0 Å². The molecule has 1 heterocycles. The van der Waals surface area contributed by atoms with Crippen LogP contribution in [0.3, 0.4) is 0 Å². The Labute approximate surface area is 98.8 Å². The van der Waals surface area contributed by atoms with E-state index in [1.807, 2.05) is 0 Å². The van der Waals surface area contributed by atoms with Crippen LogP contribution in [-0.4, -0.2) is 45.4 Å². The zero-order valence-electron chi connectivity index (χ0n) is 8.49. The Balaban J connectivity index is 2.76. The van der Waals surface area contributed by atoms with Crippen LogP contribution < -0.4 is 0 Å². The fourth-order valence-corrected chi connectivity index (χ4v) is 1.67. The predicted octanol–water partition coefficient (Wildman–Crippen LogP) is 1.34. The summed E-state index contributed by atoms with van der Waals surface area (Å²) in [4.78, 5) is 13.6. The number of rotatable bonds is 5. The molecule has 1 rings (SSSR count). The second-order valence-corrected chi connectivity index (χ2v) is 3.77. The van der Waals surface area contributed by atoms with Crippen molar-refractivity contribution in [1.29, 1.82) is 0 Å². The molecule has 0 aromatic carbocycles. The molecule has 0 aliphatic carbocycles. The number of halogens is 2. The van der Waals surface area contributed by atoms with E-state index in [4.69, 9.17) is 23.2 Å². The zero-order chi connectivity index (χ0) is 11.3. The van der Waals surface area contributed by atoms with Crippen molar-refractivity contribution in [1.82, 2.24) is 14.7 Å². The molecule has 0 atom stereocenters. The first-order valence-electron chi connectivity index (χ1n) is 4.60. The summed E-state index contributed by atoms with van der Waals surface area (Å²) in [7, 11) is 1.73. The smallest absolute Gasteiger partial charge is 0.272 e. The number of alkyl halides is 2. The summed E-state index contributed by atoms with van der Waals surface area (Å²) >= 11 is 11.2. The van der Waals surface area contributed by atoms with E-state index in [0.717, 1.165) is 0 Å². The Bertz CT molecular complexity index is 321. The van der Waals surface area contributed by atoms with Crippen molar-refractivity contribution in [2.45, 2.75) is 0 Å². The molecule has 0 aliphatic heterocycles. The molecule has 1 aromatic rings. The summed E-state index contributed by atoms with van der Waals surface area (Å²) < 4.78 is 1.54. The van der Waals surface area contributed by atoms with Gasteiger partial charge in [-0.1, -0.05) is 0 Å². The van der Waals surface area contributed by atoms with Crippen LogP contribution in [0.15, 0.2) is 12.3 Å². The molecule has 0 saturated carbocycles. The second-order valence-electron chi connectivity index (χ2n) is 3.01. The molecule has 0 spiro atoms. The molecule has 0 radical (unpaired) electrons. The topological polar surface area (TPSA) is 38.1 Å². The number of nitrogens with zero attached hydrogens (tertiary/aromatic N) is 3. The summed E-state index contributed by atoms with van der Waals surface area (Å²) in [6.07, 6.45) is 1.59. The van der Waals surface area contributed by atoms with E-state index in [0.29, 0.717) is 30.5 Å². The summed E-state index contributed by atoms with van der Waals surface area (Å²) in [5.41, 5.74) is 0.547. The monoisotopic (exact) mass is 249 g/mol. The van der Waals surface area contributed by atoms with Crippen LogP contribution in [0.2, 0.25) is 0 Å². The molecule has 1 aromatic heterocycles. The Hall–Kier alpha value is -0.740. The average Bonchev–Trinajstić information content (AvgIpc) is 2.63. The van der Waals surface area contributed by atoms with Crippen LogP contribution in [-0.2, 0) is 7.05 Å². The van der Waals surface area contributed by atoms with E-state index in [1.165, 1.54) is 4.68 Å². The number of aryl methyl sites for hydroxylation is 1. The van der Waals surface area contributed by atoms with Crippen molar-refractivity contribution in [3.8, 4) is 0 Å². The minimum Gasteiger partial charge on any atom is -0.335 e.